The van der Waals surface area contributed by atoms with Gasteiger partial charge in [-0.3, -0.25) is 0 Å². The van der Waals surface area contributed by atoms with Crippen molar-refractivity contribution in [3.63, 3.8) is 0 Å². The molecule has 0 N–H and O–H groups in total. The van der Waals surface area contributed by atoms with Crippen LogP contribution in [0.25, 0.3) is 0 Å². The van der Waals surface area contributed by atoms with E-state index in [1.807, 2.05) is 0 Å². The van der Waals surface area contributed by atoms with Crippen molar-refractivity contribution in [2.45, 2.75) is 5.75 Å². The van der Waals surface area contributed by atoms with E-state index in [2.05, 4.69) is 15.9 Å². The molecule has 1 rings (SSSR count). The summed E-state index contributed by atoms with van der Waals surface area (Å²) in [5, 5.41) is 0. The Morgan fingerprint density at radius 1 is 1.25 bits per heavy atom. The van der Waals surface area contributed by atoms with Crippen molar-refractivity contribution < 1.29 is 12.3 Å². The molecule has 2 nitrogen and oxygen atoms in total. The largest absolute Gasteiger partial charge is 0.306 e. The second kappa shape index (κ2) is 3.53. The highest BCUT2D eigenvalue weighted by Crippen LogP contribution is 2.13. The lowest BCUT2D eigenvalue weighted by Crippen LogP contribution is -1.95. The van der Waals surface area contributed by atoms with E-state index in [4.69, 9.17) is 0 Å². The van der Waals surface area contributed by atoms with Crippen molar-refractivity contribution in [1.82, 2.24) is 0 Å². The summed E-state index contributed by atoms with van der Waals surface area (Å²) < 4.78 is 33.4. The summed E-state index contributed by atoms with van der Waals surface area (Å²) in [6.45, 7) is 0. The molecule has 0 fully saturated rings. The zero-order valence-corrected chi connectivity index (χ0v) is 8.40. The van der Waals surface area contributed by atoms with Gasteiger partial charge in [0.05, 0.1) is 0 Å². The van der Waals surface area contributed by atoms with Crippen molar-refractivity contribution in [2.75, 3.05) is 0 Å². The molecule has 0 heterocycles. The van der Waals surface area contributed by atoms with E-state index >= 15 is 0 Å². The number of rotatable bonds is 2. The lowest BCUT2D eigenvalue weighted by atomic mass is 10.2. The average molecular weight is 253 g/mol. The molecule has 0 unspecified atom stereocenters. The van der Waals surface area contributed by atoms with E-state index < -0.39 is 16.0 Å². The van der Waals surface area contributed by atoms with Gasteiger partial charge in [-0.1, -0.05) is 28.1 Å². The smallest absolute Gasteiger partial charge is 0.194 e. The Balaban J connectivity index is 2.85. The van der Waals surface area contributed by atoms with Crippen LogP contribution in [-0.4, -0.2) is 8.42 Å². The van der Waals surface area contributed by atoms with E-state index in [9.17, 15) is 12.3 Å². The molecule has 0 bridgehead atoms. The summed E-state index contributed by atoms with van der Waals surface area (Å²) in [6, 6.07) is 6.45. The second-order valence-electron chi connectivity index (χ2n) is 2.31. The summed E-state index contributed by atoms with van der Waals surface area (Å²) in [7, 11) is -4.41. The molecule has 66 valence electrons. The molecular formula is C7H6BrFO2S. The third kappa shape index (κ3) is 3.32. The fraction of sp³-hybridized carbons (Fsp3) is 0.143. The minimum atomic E-state index is -4.41. The first-order chi connectivity index (χ1) is 5.47. The van der Waals surface area contributed by atoms with Crippen molar-refractivity contribution >= 4 is 26.2 Å². The van der Waals surface area contributed by atoms with Gasteiger partial charge in [-0.15, -0.1) is 3.89 Å². The molecular weight excluding hydrogens is 247 g/mol. The van der Waals surface area contributed by atoms with Crippen molar-refractivity contribution in [3.8, 4) is 0 Å². The Morgan fingerprint density at radius 2 is 1.75 bits per heavy atom. The van der Waals surface area contributed by atoms with Gasteiger partial charge in [-0.25, -0.2) is 0 Å². The van der Waals surface area contributed by atoms with Crippen LogP contribution in [0.1, 0.15) is 5.56 Å². The maximum atomic E-state index is 12.1. The molecule has 1 aromatic carbocycles. The van der Waals surface area contributed by atoms with Crippen LogP contribution in [0.15, 0.2) is 28.7 Å². The molecule has 0 saturated heterocycles. The molecule has 12 heavy (non-hydrogen) atoms. The van der Waals surface area contributed by atoms with Crippen LogP contribution in [0.2, 0.25) is 0 Å². The molecule has 0 aliphatic rings. The van der Waals surface area contributed by atoms with Crippen LogP contribution in [-0.2, 0) is 16.0 Å². The van der Waals surface area contributed by atoms with Gasteiger partial charge in [-0.2, -0.15) is 8.42 Å². The van der Waals surface area contributed by atoms with Crippen LogP contribution in [0.5, 0.6) is 0 Å². The topological polar surface area (TPSA) is 34.1 Å². The molecule has 0 amide bonds. The lowest BCUT2D eigenvalue weighted by molar-refractivity contribution is 0.551. The van der Waals surface area contributed by atoms with Gasteiger partial charge in [0, 0.05) is 4.47 Å². The van der Waals surface area contributed by atoms with Crippen LogP contribution in [0.3, 0.4) is 0 Å². The fourth-order valence-corrected chi connectivity index (χ4v) is 1.63. The van der Waals surface area contributed by atoms with Crippen molar-refractivity contribution in [1.29, 1.82) is 0 Å². The van der Waals surface area contributed by atoms with Gasteiger partial charge in [0.15, 0.2) is 0 Å². The highest BCUT2D eigenvalue weighted by Gasteiger charge is 2.07. The summed E-state index contributed by atoms with van der Waals surface area (Å²) in [5.41, 5.74) is 0.445. The molecule has 5 heteroatoms. The highest BCUT2D eigenvalue weighted by atomic mass is 79.9. The molecule has 0 aliphatic carbocycles. The standard InChI is InChI=1S/C7H6BrFO2S/c8-7-3-1-6(2-4-7)5-12(9,10)11/h1-4H,5H2. The Morgan fingerprint density at radius 3 is 2.17 bits per heavy atom. The zero-order chi connectivity index (χ0) is 9.19. The van der Waals surface area contributed by atoms with E-state index in [-0.39, 0.29) is 0 Å². The molecule has 0 atom stereocenters. The molecule has 0 aromatic heterocycles. The maximum Gasteiger partial charge on any atom is 0.306 e. The Bertz CT molecular complexity index is 357. The Kier molecular flexibility index (Phi) is 2.85. The van der Waals surface area contributed by atoms with Crippen LogP contribution in [0.4, 0.5) is 3.89 Å². The number of benzene rings is 1. The first-order valence-corrected chi connectivity index (χ1v) is 5.49. The quantitative estimate of drug-likeness (QED) is 0.757. The van der Waals surface area contributed by atoms with Gasteiger partial charge < -0.3 is 0 Å². The van der Waals surface area contributed by atoms with Crippen LogP contribution >= 0.6 is 15.9 Å². The average Bonchev–Trinajstić information content (AvgIpc) is 1.91. The van der Waals surface area contributed by atoms with Gasteiger partial charge in [-0.05, 0) is 17.7 Å². The summed E-state index contributed by atoms with van der Waals surface area (Å²) in [5.74, 6) is -0.555. The number of hydrogen-bond acceptors (Lipinski definition) is 2. The maximum absolute atomic E-state index is 12.1. The van der Waals surface area contributed by atoms with Crippen molar-refractivity contribution in [2.24, 2.45) is 0 Å². The molecule has 0 aliphatic heterocycles. The second-order valence-corrected chi connectivity index (χ2v) is 4.59. The van der Waals surface area contributed by atoms with Crippen LogP contribution in [0, 0.1) is 0 Å². The van der Waals surface area contributed by atoms with Crippen molar-refractivity contribution in [3.05, 3.63) is 34.3 Å². The van der Waals surface area contributed by atoms with Gasteiger partial charge in [0.25, 0.3) is 0 Å². The minimum Gasteiger partial charge on any atom is -0.194 e. The van der Waals surface area contributed by atoms with E-state index in [0.29, 0.717) is 5.56 Å². The molecule has 0 radical (unpaired) electrons. The predicted molar refractivity (Wildman–Crippen MR) is 47.9 cm³/mol. The third-order valence-corrected chi connectivity index (χ3v) is 2.46. The van der Waals surface area contributed by atoms with E-state index in [1.165, 1.54) is 0 Å². The van der Waals surface area contributed by atoms with E-state index in [0.717, 1.165) is 4.47 Å². The van der Waals surface area contributed by atoms with Gasteiger partial charge >= 0.3 is 10.2 Å². The molecule has 1 aromatic rings. The fourth-order valence-electron chi connectivity index (χ4n) is 0.780. The summed E-state index contributed by atoms with van der Waals surface area (Å²) in [4.78, 5) is 0. The monoisotopic (exact) mass is 252 g/mol. The minimum absolute atomic E-state index is 0.445. The van der Waals surface area contributed by atoms with Gasteiger partial charge in [0.1, 0.15) is 5.75 Å². The van der Waals surface area contributed by atoms with Gasteiger partial charge in [0.2, 0.25) is 0 Å². The van der Waals surface area contributed by atoms with Crippen LogP contribution < -0.4 is 0 Å². The normalized spacial score (nSPS) is 11.5. The first kappa shape index (κ1) is 9.67. The molecule has 0 spiro atoms. The number of halogens is 2. The Labute approximate surface area is 78.8 Å². The lowest BCUT2D eigenvalue weighted by Gasteiger charge is -1.95. The zero-order valence-electron chi connectivity index (χ0n) is 6.00. The highest BCUT2D eigenvalue weighted by molar-refractivity contribution is 9.10. The Hall–Kier alpha value is -0.420. The summed E-state index contributed by atoms with van der Waals surface area (Å²) >= 11 is 3.18. The summed E-state index contributed by atoms with van der Waals surface area (Å²) in [6.07, 6.45) is 0. The third-order valence-electron chi connectivity index (χ3n) is 1.25. The van der Waals surface area contributed by atoms with E-state index in [1.54, 1.807) is 24.3 Å². The molecule has 0 saturated carbocycles. The first-order valence-electron chi connectivity index (χ1n) is 3.14. The SMILES string of the molecule is O=S(=O)(F)Cc1ccc(Br)cc1. The predicted octanol–water partition coefficient (Wildman–Crippen LogP) is 2.25. The number of hydrogen-bond donors (Lipinski definition) is 0.